The molecule has 1 amide bonds. The van der Waals surface area contributed by atoms with Gasteiger partial charge in [-0.2, -0.15) is 0 Å². The van der Waals surface area contributed by atoms with Crippen LogP contribution in [0.25, 0.3) is 11.0 Å². The number of carbonyl (C=O) groups excluding carboxylic acids is 1. The molecule has 0 spiro atoms. The molecule has 0 atom stereocenters. The number of fused-ring (bicyclic) bond motifs is 1. The van der Waals surface area contributed by atoms with E-state index in [1.807, 2.05) is 19.9 Å². The highest BCUT2D eigenvalue weighted by Crippen LogP contribution is 2.23. The Morgan fingerprint density at radius 3 is 2.54 bits per heavy atom. The summed E-state index contributed by atoms with van der Waals surface area (Å²) in [5, 5.41) is 3.57. The van der Waals surface area contributed by atoms with E-state index in [-0.39, 0.29) is 12.5 Å². The summed E-state index contributed by atoms with van der Waals surface area (Å²) in [6, 6.07) is 10.5. The maximum absolute atomic E-state index is 12.9. The first-order chi connectivity index (χ1) is 11.4. The highest BCUT2D eigenvalue weighted by atomic mass is 19.1. The molecule has 3 rings (SSSR count). The minimum atomic E-state index is -0.460. The highest BCUT2D eigenvalue weighted by molar-refractivity contribution is 5.94. The Morgan fingerprint density at radius 2 is 1.83 bits per heavy atom. The zero-order chi connectivity index (χ0) is 17.3. The van der Waals surface area contributed by atoms with Gasteiger partial charge in [-0.3, -0.25) is 4.79 Å². The molecule has 0 bridgehead atoms. The number of carbonyl (C=O) groups is 1. The molecule has 24 heavy (non-hydrogen) atoms. The first-order valence-corrected chi connectivity index (χ1v) is 7.52. The van der Waals surface area contributed by atoms with Crippen molar-refractivity contribution in [1.82, 2.24) is 5.32 Å². The Bertz CT molecular complexity index is 974. The fraction of sp³-hybridized carbons (Fsp3) is 0.158. The van der Waals surface area contributed by atoms with E-state index in [2.05, 4.69) is 5.32 Å². The number of aryl methyl sites for hydroxylation is 2. The van der Waals surface area contributed by atoms with Gasteiger partial charge < -0.3 is 9.73 Å². The van der Waals surface area contributed by atoms with Crippen LogP contribution in [0.1, 0.15) is 27.0 Å². The van der Waals surface area contributed by atoms with Gasteiger partial charge >= 0.3 is 5.63 Å². The van der Waals surface area contributed by atoms with E-state index < -0.39 is 11.4 Å². The van der Waals surface area contributed by atoms with Gasteiger partial charge in [0.1, 0.15) is 11.4 Å². The molecular weight excluding hydrogens is 309 g/mol. The summed E-state index contributed by atoms with van der Waals surface area (Å²) < 4.78 is 18.2. The predicted molar refractivity (Wildman–Crippen MR) is 89.5 cm³/mol. The van der Waals surface area contributed by atoms with Crippen molar-refractivity contribution in [2.24, 2.45) is 0 Å². The normalized spacial score (nSPS) is 10.8. The average molecular weight is 325 g/mol. The number of nitrogens with one attached hydrogen (secondary N) is 1. The van der Waals surface area contributed by atoms with Crippen molar-refractivity contribution in [3.63, 3.8) is 0 Å². The lowest BCUT2D eigenvalue weighted by Crippen LogP contribution is -2.23. The molecule has 1 heterocycles. The van der Waals surface area contributed by atoms with Gasteiger partial charge in [0.05, 0.1) is 0 Å². The van der Waals surface area contributed by atoms with Crippen LogP contribution in [-0.4, -0.2) is 5.91 Å². The summed E-state index contributed by atoms with van der Waals surface area (Å²) in [6.07, 6.45) is 0. The molecule has 2 aromatic carbocycles. The molecule has 1 N–H and O–H groups in total. The van der Waals surface area contributed by atoms with E-state index >= 15 is 0 Å². The number of halogens is 1. The summed E-state index contributed by atoms with van der Waals surface area (Å²) in [4.78, 5) is 23.9. The molecule has 1 aromatic heterocycles. The SMILES string of the molecule is Cc1cc(C)c2c(CNC(=O)c3ccc(F)cc3)cc(=O)oc2c1. The predicted octanol–water partition coefficient (Wildman–Crippen LogP) is 3.48. The number of benzene rings is 2. The maximum Gasteiger partial charge on any atom is 0.336 e. The van der Waals surface area contributed by atoms with Crippen molar-refractivity contribution in [1.29, 1.82) is 0 Å². The molecule has 0 aliphatic carbocycles. The summed E-state index contributed by atoms with van der Waals surface area (Å²) >= 11 is 0. The van der Waals surface area contributed by atoms with Gasteiger partial charge in [-0.05, 0) is 60.9 Å². The fourth-order valence-electron chi connectivity index (χ4n) is 2.79. The Balaban J connectivity index is 1.91. The molecule has 0 fully saturated rings. The van der Waals surface area contributed by atoms with Gasteiger partial charge in [-0.25, -0.2) is 9.18 Å². The Hall–Kier alpha value is -2.95. The van der Waals surface area contributed by atoms with Crippen molar-refractivity contribution in [2.45, 2.75) is 20.4 Å². The van der Waals surface area contributed by atoms with Gasteiger partial charge in [0, 0.05) is 23.6 Å². The number of hydrogen-bond donors (Lipinski definition) is 1. The van der Waals surface area contributed by atoms with E-state index in [0.29, 0.717) is 16.7 Å². The largest absolute Gasteiger partial charge is 0.423 e. The first-order valence-electron chi connectivity index (χ1n) is 7.52. The van der Waals surface area contributed by atoms with E-state index in [1.165, 1.54) is 30.3 Å². The lowest BCUT2D eigenvalue weighted by molar-refractivity contribution is 0.0951. The quantitative estimate of drug-likeness (QED) is 0.750. The molecule has 122 valence electrons. The van der Waals surface area contributed by atoms with Crippen molar-refractivity contribution in [3.05, 3.63) is 81.0 Å². The van der Waals surface area contributed by atoms with Crippen molar-refractivity contribution in [3.8, 4) is 0 Å². The molecule has 4 nitrogen and oxygen atoms in total. The Labute approximate surface area is 137 Å². The summed E-state index contributed by atoms with van der Waals surface area (Å²) in [5.41, 5.74) is 3.06. The van der Waals surface area contributed by atoms with Crippen LogP contribution in [0.4, 0.5) is 4.39 Å². The first kappa shape index (κ1) is 15.9. The van der Waals surface area contributed by atoms with Crippen LogP contribution in [0, 0.1) is 19.7 Å². The van der Waals surface area contributed by atoms with E-state index in [1.54, 1.807) is 6.07 Å². The lowest BCUT2D eigenvalue weighted by Gasteiger charge is -2.10. The van der Waals surface area contributed by atoms with Crippen LogP contribution < -0.4 is 10.9 Å². The van der Waals surface area contributed by atoms with Gasteiger partial charge in [-0.1, -0.05) is 6.07 Å². The van der Waals surface area contributed by atoms with Crippen LogP contribution in [0.5, 0.6) is 0 Å². The molecular formula is C19H16FNO3. The molecule has 5 heteroatoms. The lowest BCUT2D eigenvalue weighted by atomic mass is 10.0. The Morgan fingerprint density at radius 1 is 1.12 bits per heavy atom. The van der Waals surface area contributed by atoms with Gasteiger partial charge in [-0.15, -0.1) is 0 Å². The molecule has 0 radical (unpaired) electrons. The zero-order valence-corrected chi connectivity index (χ0v) is 13.4. The molecule has 0 saturated carbocycles. The van der Waals surface area contributed by atoms with Crippen molar-refractivity contribution >= 4 is 16.9 Å². The van der Waals surface area contributed by atoms with E-state index in [9.17, 15) is 14.0 Å². The van der Waals surface area contributed by atoms with Crippen LogP contribution in [0.2, 0.25) is 0 Å². The van der Waals surface area contributed by atoms with Gasteiger partial charge in [0.15, 0.2) is 0 Å². The monoisotopic (exact) mass is 325 g/mol. The second-order valence-corrected chi connectivity index (χ2v) is 5.74. The molecule has 3 aromatic rings. The molecule has 0 aliphatic heterocycles. The average Bonchev–Trinajstić information content (AvgIpc) is 2.52. The number of amides is 1. The molecule has 0 aliphatic rings. The minimum absolute atomic E-state index is 0.183. The number of rotatable bonds is 3. The van der Waals surface area contributed by atoms with E-state index in [4.69, 9.17) is 4.42 Å². The minimum Gasteiger partial charge on any atom is -0.423 e. The van der Waals surface area contributed by atoms with E-state index in [0.717, 1.165) is 16.5 Å². The summed E-state index contributed by atoms with van der Waals surface area (Å²) in [7, 11) is 0. The van der Waals surface area contributed by atoms with Crippen molar-refractivity contribution in [2.75, 3.05) is 0 Å². The van der Waals surface area contributed by atoms with Crippen LogP contribution in [0.3, 0.4) is 0 Å². The third kappa shape index (κ3) is 3.20. The third-order valence-corrected chi connectivity index (χ3v) is 3.81. The smallest absolute Gasteiger partial charge is 0.336 e. The van der Waals surface area contributed by atoms with Crippen LogP contribution >= 0.6 is 0 Å². The van der Waals surface area contributed by atoms with Crippen LogP contribution in [-0.2, 0) is 6.54 Å². The summed E-state index contributed by atoms with van der Waals surface area (Å²) in [6.45, 7) is 4.04. The standard InChI is InChI=1S/C19H16FNO3/c1-11-7-12(2)18-14(9-17(22)24-16(18)8-11)10-21-19(23)13-3-5-15(20)6-4-13/h3-9H,10H2,1-2H3,(H,21,23). The topological polar surface area (TPSA) is 59.3 Å². The van der Waals surface area contributed by atoms with Gasteiger partial charge in [0.25, 0.3) is 5.91 Å². The molecule has 0 unspecified atom stereocenters. The van der Waals surface area contributed by atoms with Crippen molar-refractivity contribution < 1.29 is 13.6 Å². The second kappa shape index (κ2) is 6.28. The van der Waals surface area contributed by atoms with Gasteiger partial charge in [0.2, 0.25) is 0 Å². The second-order valence-electron chi connectivity index (χ2n) is 5.74. The highest BCUT2D eigenvalue weighted by Gasteiger charge is 2.11. The number of hydrogen-bond acceptors (Lipinski definition) is 3. The zero-order valence-electron chi connectivity index (χ0n) is 13.4. The van der Waals surface area contributed by atoms with Crippen LogP contribution in [0.15, 0.2) is 51.7 Å². The summed E-state index contributed by atoms with van der Waals surface area (Å²) in [5.74, 6) is -0.731. The molecule has 0 saturated heterocycles. The Kier molecular flexibility index (Phi) is 4.16. The maximum atomic E-state index is 12.9. The third-order valence-electron chi connectivity index (χ3n) is 3.81. The fourth-order valence-corrected chi connectivity index (χ4v) is 2.79.